The maximum absolute atomic E-state index is 12.7. The predicted octanol–water partition coefficient (Wildman–Crippen LogP) is 4.53. The molecule has 3 aromatic rings. The molecule has 1 aliphatic heterocycles. The van der Waals surface area contributed by atoms with E-state index in [-0.39, 0.29) is 17.5 Å². The lowest BCUT2D eigenvalue weighted by Gasteiger charge is -2.19. The molecule has 1 aliphatic rings. The number of nitrogens with one attached hydrogen (secondary N) is 1. The molecule has 1 N–H and O–H groups in total. The van der Waals surface area contributed by atoms with E-state index in [1.807, 2.05) is 18.2 Å². The van der Waals surface area contributed by atoms with Crippen LogP contribution in [0.3, 0.4) is 0 Å². The summed E-state index contributed by atoms with van der Waals surface area (Å²) in [5.41, 5.74) is 2.65. The van der Waals surface area contributed by atoms with Gasteiger partial charge in [-0.25, -0.2) is 0 Å². The Hall–Kier alpha value is -3.67. The molecule has 1 aromatic heterocycles. The third-order valence-corrected chi connectivity index (χ3v) is 4.92. The molecule has 6 nitrogen and oxygen atoms in total. The number of hydrogen-bond acceptors (Lipinski definition) is 4. The summed E-state index contributed by atoms with van der Waals surface area (Å²) >= 11 is 0. The average molecular weight is 388 g/mol. The van der Waals surface area contributed by atoms with E-state index < -0.39 is 5.91 Å². The zero-order valence-corrected chi connectivity index (χ0v) is 16.0. The maximum Gasteiger partial charge on any atom is 0.291 e. The van der Waals surface area contributed by atoms with Gasteiger partial charge in [0.15, 0.2) is 11.5 Å². The summed E-state index contributed by atoms with van der Waals surface area (Å²) in [6.45, 7) is 2.16. The third-order valence-electron chi connectivity index (χ3n) is 4.92. The van der Waals surface area contributed by atoms with Gasteiger partial charge in [-0.1, -0.05) is 36.4 Å². The van der Waals surface area contributed by atoms with Gasteiger partial charge in [-0.2, -0.15) is 0 Å². The number of anilines is 2. The maximum atomic E-state index is 12.7. The predicted molar refractivity (Wildman–Crippen MR) is 110 cm³/mol. The topological polar surface area (TPSA) is 79.6 Å². The van der Waals surface area contributed by atoms with Gasteiger partial charge in [0.25, 0.3) is 5.91 Å². The van der Waals surface area contributed by atoms with Crippen molar-refractivity contribution in [3.63, 3.8) is 0 Å². The van der Waals surface area contributed by atoms with E-state index >= 15 is 0 Å². The fourth-order valence-electron chi connectivity index (χ4n) is 3.39. The van der Waals surface area contributed by atoms with Gasteiger partial charge in [0, 0.05) is 24.1 Å². The number of benzene rings is 2. The number of ketones is 1. The Labute approximate surface area is 168 Å². The molecule has 4 rings (SSSR count). The molecule has 146 valence electrons. The molecule has 0 bridgehead atoms. The smallest absolute Gasteiger partial charge is 0.291 e. The van der Waals surface area contributed by atoms with Crippen LogP contribution in [0, 0.1) is 0 Å². The summed E-state index contributed by atoms with van der Waals surface area (Å²) in [5, 5.41) is 2.84. The lowest BCUT2D eigenvalue weighted by molar-refractivity contribution is -0.117. The molecule has 0 spiro atoms. The van der Waals surface area contributed by atoms with Crippen LogP contribution in [0.4, 0.5) is 11.4 Å². The van der Waals surface area contributed by atoms with E-state index in [2.05, 4.69) is 5.32 Å². The molecule has 2 aromatic carbocycles. The van der Waals surface area contributed by atoms with E-state index in [0.29, 0.717) is 35.7 Å². The molecule has 2 amide bonds. The van der Waals surface area contributed by atoms with Crippen LogP contribution >= 0.6 is 0 Å². The van der Waals surface area contributed by atoms with Crippen molar-refractivity contribution in [2.24, 2.45) is 0 Å². The van der Waals surface area contributed by atoms with Crippen molar-refractivity contribution in [3.05, 3.63) is 72.0 Å². The highest BCUT2D eigenvalue weighted by Crippen LogP contribution is 2.30. The molecule has 0 aliphatic carbocycles. The Morgan fingerprint density at radius 1 is 1.00 bits per heavy atom. The fraction of sp³-hybridized carbons (Fsp3) is 0.174. The van der Waals surface area contributed by atoms with E-state index in [1.54, 1.807) is 47.4 Å². The standard InChI is InChI=1S/C23H20N2O4/c1-15(26)16-8-10-17(11-9-16)20-12-13-21(29-20)23(28)24-18-5-2-3-6-19(18)25-14-4-7-22(25)27/h2-3,5-6,8-13H,4,7,14H2,1H3,(H,24,28). The zero-order valence-electron chi connectivity index (χ0n) is 16.0. The van der Waals surface area contributed by atoms with Crippen molar-refractivity contribution >= 4 is 29.0 Å². The van der Waals surface area contributed by atoms with Gasteiger partial charge < -0.3 is 14.6 Å². The zero-order chi connectivity index (χ0) is 20.4. The number of carbonyl (C=O) groups excluding carboxylic acids is 3. The van der Waals surface area contributed by atoms with E-state index in [9.17, 15) is 14.4 Å². The first kappa shape index (κ1) is 18.7. The molecule has 2 heterocycles. The SMILES string of the molecule is CC(=O)c1ccc(-c2ccc(C(=O)Nc3ccccc3N3CCCC3=O)o2)cc1. The summed E-state index contributed by atoms with van der Waals surface area (Å²) in [6, 6.07) is 17.6. The summed E-state index contributed by atoms with van der Waals surface area (Å²) in [5.74, 6) is 0.356. The van der Waals surface area contributed by atoms with Crippen LogP contribution in [0.2, 0.25) is 0 Å². The molecule has 6 heteroatoms. The molecule has 0 radical (unpaired) electrons. The van der Waals surface area contributed by atoms with Gasteiger partial charge in [-0.05, 0) is 37.6 Å². The number of furan rings is 1. The summed E-state index contributed by atoms with van der Waals surface area (Å²) < 4.78 is 5.71. The molecule has 1 fully saturated rings. The Bertz CT molecular complexity index is 1080. The third kappa shape index (κ3) is 3.82. The molecular weight excluding hydrogens is 368 g/mol. The number of rotatable bonds is 5. The summed E-state index contributed by atoms with van der Waals surface area (Å²) in [7, 11) is 0. The van der Waals surface area contributed by atoms with Crippen LogP contribution in [-0.4, -0.2) is 24.1 Å². The second-order valence-corrected chi connectivity index (χ2v) is 6.92. The molecule has 1 saturated heterocycles. The van der Waals surface area contributed by atoms with Crippen molar-refractivity contribution in [2.45, 2.75) is 19.8 Å². The van der Waals surface area contributed by atoms with Gasteiger partial charge in [-0.3, -0.25) is 14.4 Å². The lowest BCUT2D eigenvalue weighted by Crippen LogP contribution is -2.25. The fourth-order valence-corrected chi connectivity index (χ4v) is 3.39. The largest absolute Gasteiger partial charge is 0.451 e. The molecule has 29 heavy (non-hydrogen) atoms. The highest BCUT2D eigenvalue weighted by Gasteiger charge is 2.24. The summed E-state index contributed by atoms with van der Waals surface area (Å²) in [6.07, 6.45) is 1.33. The van der Waals surface area contributed by atoms with Gasteiger partial charge in [0.2, 0.25) is 5.91 Å². The highest BCUT2D eigenvalue weighted by atomic mass is 16.3. The van der Waals surface area contributed by atoms with Crippen molar-refractivity contribution in [2.75, 3.05) is 16.8 Å². The van der Waals surface area contributed by atoms with E-state index in [0.717, 1.165) is 12.0 Å². The Balaban J connectivity index is 1.53. The first-order valence-corrected chi connectivity index (χ1v) is 9.45. The van der Waals surface area contributed by atoms with Crippen LogP contribution < -0.4 is 10.2 Å². The van der Waals surface area contributed by atoms with E-state index in [4.69, 9.17) is 4.42 Å². The van der Waals surface area contributed by atoms with E-state index in [1.165, 1.54) is 6.92 Å². The lowest BCUT2D eigenvalue weighted by atomic mass is 10.1. The first-order chi connectivity index (χ1) is 14.0. The molecule has 0 saturated carbocycles. The van der Waals surface area contributed by atoms with Crippen LogP contribution in [0.1, 0.15) is 40.7 Å². The van der Waals surface area contributed by atoms with Crippen molar-refractivity contribution in [1.82, 2.24) is 0 Å². The Kier molecular flexibility index (Phi) is 4.99. The number of nitrogens with zero attached hydrogens (tertiary/aromatic N) is 1. The number of para-hydroxylation sites is 2. The molecular formula is C23H20N2O4. The van der Waals surface area contributed by atoms with Crippen molar-refractivity contribution < 1.29 is 18.8 Å². The van der Waals surface area contributed by atoms with Crippen LogP contribution in [0.5, 0.6) is 0 Å². The number of Topliss-reactive ketones (excluding diaryl/α,β-unsaturated/α-hetero) is 1. The number of hydrogen-bond donors (Lipinski definition) is 1. The van der Waals surface area contributed by atoms with Gasteiger partial charge in [-0.15, -0.1) is 0 Å². The monoisotopic (exact) mass is 388 g/mol. The first-order valence-electron chi connectivity index (χ1n) is 9.45. The average Bonchev–Trinajstić information content (AvgIpc) is 3.38. The minimum absolute atomic E-state index is 0.00814. The minimum Gasteiger partial charge on any atom is -0.451 e. The Morgan fingerprint density at radius 2 is 1.76 bits per heavy atom. The van der Waals surface area contributed by atoms with Gasteiger partial charge in [0.05, 0.1) is 11.4 Å². The number of carbonyl (C=O) groups is 3. The second-order valence-electron chi connectivity index (χ2n) is 6.92. The molecule has 0 unspecified atom stereocenters. The van der Waals surface area contributed by atoms with Crippen LogP contribution in [0.25, 0.3) is 11.3 Å². The normalized spacial score (nSPS) is 13.6. The van der Waals surface area contributed by atoms with Crippen molar-refractivity contribution in [1.29, 1.82) is 0 Å². The van der Waals surface area contributed by atoms with Crippen molar-refractivity contribution in [3.8, 4) is 11.3 Å². The highest BCUT2D eigenvalue weighted by molar-refractivity contribution is 6.07. The second kappa shape index (κ2) is 7.75. The van der Waals surface area contributed by atoms with Gasteiger partial charge in [0.1, 0.15) is 5.76 Å². The van der Waals surface area contributed by atoms with Crippen LogP contribution in [0.15, 0.2) is 65.1 Å². The summed E-state index contributed by atoms with van der Waals surface area (Å²) in [4.78, 5) is 37.9. The number of amides is 2. The van der Waals surface area contributed by atoms with Crippen LogP contribution in [-0.2, 0) is 4.79 Å². The minimum atomic E-state index is -0.393. The molecule has 0 atom stereocenters. The van der Waals surface area contributed by atoms with Gasteiger partial charge >= 0.3 is 0 Å². The Morgan fingerprint density at radius 3 is 2.45 bits per heavy atom. The quantitative estimate of drug-likeness (QED) is 0.652.